The van der Waals surface area contributed by atoms with Gasteiger partial charge in [0.05, 0.1) is 17.7 Å². The van der Waals surface area contributed by atoms with E-state index >= 15 is 0 Å². The van der Waals surface area contributed by atoms with Crippen molar-refractivity contribution in [2.45, 2.75) is 25.1 Å². The number of amides is 2. The first-order chi connectivity index (χ1) is 10.8. The normalized spacial score (nSPS) is 15.8. The molecular weight excluding hydrogens is 311 g/mol. The van der Waals surface area contributed by atoms with Crippen LogP contribution >= 0.6 is 0 Å². The third-order valence-electron chi connectivity index (χ3n) is 3.68. The Balaban J connectivity index is 1.93. The summed E-state index contributed by atoms with van der Waals surface area (Å²) < 4.78 is 38.5. The number of alkyl halides is 3. The number of nitrogens with two attached hydrogens (primary N) is 1. The average Bonchev–Trinajstić information content (AvgIpc) is 3.34. The van der Waals surface area contributed by atoms with Crippen LogP contribution in [-0.4, -0.2) is 30.9 Å². The predicted molar refractivity (Wildman–Crippen MR) is 77.5 cm³/mol. The smallest absolute Gasteiger partial charge is 0.350 e. The molecule has 1 aromatic rings. The van der Waals surface area contributed by atoms with Crippen LogP contribution < -0.4 is 16.4 Å². The fourth-order valence-corrected chi connectivity index (χ4v) is 2.31. The van der Waals surface area contributed by atoms with Crippen molar-refractivity contribution in [3.05, 3.63) is 35.4 Å². The van der Waals surface area contributed by atoms with Gasteiger partial charge in [-0.05, 0) is 30.9 Å². The molecule has 4 N–H and O–H groups in total. The third kappa shape index (κ3) is 4.69. The summed E-state index contributed by atoms with van der Waals surface area (Å²) in [5.74, 6) is -1.06. The molecule has 0 aliphatic heterocycles. The van der Waals surface area contributed by atoms with Gasteiger partial charge in [-0.15, -0.1) is 0 Å². The zero-order valence-corrected chi connectivity index (χ0v) is 12.3. The Bertz CT molecular complexity index is 586. The molecule has 0 saturated heterocycles. The van der Waals surface area contributed by atoms with Crippen LogP contribution in [0.5, 0.6) is 0 Å². The zero-order valence-electron chi connectivity index (χ0n) is 12.3. The number of carbonyl (C=O) groups is 2. The Labute approximate surface area is 131 Å². The molecule has 0 spiro atoms. The van der Waals surface area contributed by atoms with Crippen LogP contribution in [0.4, 0.5) is 13.2 Å². The maximum atomic E-state index is 12.8. The highest BCUT2D eigenvalue weighted by atomic mass is 19.4. The lowest BCUT2D eigenvalue weighted by molar-refractivity contribution is -0.137. The van der Waals surface area contributed by atoms with Gasteiger partial charge in [0.15, 0.2) is 0 Å². The Hall–Kier alpha value is -2.09. The van der Waals surface area contributed by atoms with Gasteiger partial charge in [0.25, 0.3) is 5.91 Å². The number of benzene rings is 1. The molecule has 8 heteroatoms. The lowest BCUT2D eigenvalue weighted by Gasteiger charge is -2.16. The van der Waals surface area contributed by atoms with Gasteiger partial charge in [-0.1, -0.05) is 12.1 Å². The number of carbonyl (C=O) groups excluding carboxylic acids is 2. The van der Waals surface area contributed by atoms with Crippen LogP contribution in [0, 0.1) is 5.92 Å². The van der Waals surface area contributed by atoms with Crippen molar-refractivity contribution in [2.75, 3.05) is 13.1 Å². The fourth-order valence-electron chi connectivity index (χ4n) is 2.31. The minimum absolute atomic E-state index is 0.151. The predicted octanol–water partition coefficient (Wildman–Crippen LogP) is 1.29. The van der Waals surface area contributed by atoms with E-state index in [4.69, 9.17) is 5.73 Å². The SMILES string of the molecule is NCC(NC(=O)CNC(=O)c1ccccc1C(F)(F)F)C1CC1. The summed E-state index contributed by atoms with van der Waals surface area (Å²) in [5, 5.41) is 4.89. The molecule has 0 aromatic heterocycles. The van der Waals surface area contributed by atoms with Gasteiger partial charge in [-0.2, -0.15) is 13.2 Å². The molecule has 5 nitrogen and oxygen atoms in total. The van der Waals surface area contributed by atoms with E-state index in [1.807, 2.05) is 0 Å². The molecule has 2 amide bonds. The number of halogens is 3. The molecule has 23 heavy (non-hydrogen) atoms. The Morgan fingerprint density at radius 3 is 2.48 bits per heavy atom. The first kappa shape index (κ1) is 17.3. The second-order valence-electron chi connectivity index (χ2n) is 5.47. The van der Waals surface area contributed by atoms with Crippen molar-refractivity contribution in [1.29, 1.82) is 0 Å². The van der Waals surface area contributed by atoms with Crippen molar-refractivity contribution < 1.29 is 22.8 Å². The van der Waals surface area contributed by atoms with Gasteiger partial charge in [0, 0.05) is 12.6 Å². The van der Waals surface area contributed by atoms with E-state index in [1.54, 1.807) is 0 Å². The Morgan fingerprint density at radius 2 is 1.91 bits per heavy atom. The van der Waals surface area contributed by atoms with E-state index < -0.39 is 35.7 Å². The summed E-state index contributed by atoms with van der Waals surface area (Å²) in [6, 6.07) is 4.28. The van der Waals surface area contributed by atoms with Gasteiger partial charge in [0.1, 0.15) is 0 Å². The van der Waals surface area contributed by atoms with Crippen LogP contribution in [0.25, 0.3) is 0 Å². The van der Waals surface area contributed by atoms with Gasteiger partial charge < -0.3 is 16.4 Å². The molecular formula is C15H18F3N3O2. The molecule has 126 valence electrons. The second kappa shape index (κ2) is 6.99. The molecule has 1 aliphatic rings. The quantitative estimate of drug-likeness (QED) is 0.735. The van der Waals surface area contributed by atoms with Crippen molar-refractivity contribution in [3.63, 3.8) is 0 Å². The molecule has 0 heterocycles. The summed E-state index contributed by atoms with van der Waals surface area (Å²) in [7, 11) is 0. The monoisotopic (exact) mass is 329 g/mol. The van der Waals surface area contributed by atoms with Gasteiger partial charge in [-0.3, -0.25) is 9.59 Å². The highest BCUT2D eigenvalue weighted by molar-refractivity contribution is 5.97. The summed E-state index contributed by atoms with van der Waals surface area (Å²) in [4.78, 5) is 23.7. The summed E-state index contributed by atoms with van der Waals surface area (Å²) >= 11 is 0. The minimum Gasteiger partial charge on any atom is -0.350 e. The number of hydrogen-bond acceptors (Lipinski definition) is 3. The zero-order chi connectivity index (χ0) is 17.0. The Kier molecular flexibility index (Phi) is 5.25. The first-order valence-corrected chi connectivity index (χ1v) is 7.26. The lowest BCUT2D eigenvalue weighted by Crippen LogP contribution is -2.46. The fraction of sp³-hybridized carbons (Fsp3) is 0.467. The van der Waals surface area contributed by atoms with E-state index in [0.29, 0.717) is 12.5 Å². The first-order valence-electron chi connectivity index (χ1n) is 7.26. The van der Waals surface area contributed by atoms with E-state index in [1.165, 1.54) is 12.1 Å². The highest BCUT2D eigenvalue weighted by Gasteiger charge is 2.35. The second-order valence-corrected chi connectivity index (χ2v) is 5.47. The van der Waals surface area contributed by atoms with Crippen molar-refractivity contribution >= 4 is 11.8 Å². The lowest BCUT2D eigenvalue weighted by atomic mass is 10.1. The molecule has 1 unspecified atom stereocenters. The average molecular weight is 329 g/mol. The molecule has 1 aliphatic carbocycles. The molecule has 0 bridgehead atoms. The number of hydrogen-bond donors (Lipinski definition) is 3. The van der Waals surface area contributed by atoms with Crippen LogP contribution in [-0.2, 0) is 11.0 Å². The van der Waals surface area contributed by atoms with Crippen LogP contribution in [0.15, 0.2) is 24.3 Å². The topological polar surface area (TPSA) is 84.2 Å². The van der Waals surface area contributed by atoms with Crippen LogP contribution in [0.2, 0.25) is 0 Å². The third-order valence-corrected chi connectivity index (χ3v) is 3.68. The van der Waals surface area contributed by atoms with E-state index in [2.05, 4.69) is 10.6 Å². The highest BCUT2D eigenvalue weighted by Crippen LogP contribution is 2.32. The number of rotatable bonds is 6. The van der Waals surface area contributed by atoms with Gasteiger partial charge in [-0.25, -0.2) is 0 Å². The van der Waals surface area contributed by atoms with Crippen molar-refractivity contribution in [3.8, 4) is 0 Å². The largest absolute Gasteiger partial charge is 0.417 e. The summed E-state index contributed by atoms with van der Waals surface area (Å²) in [5.41, 5.74) is 4.01. The molecule has 1 saturated carbocycles. The maximum Gasteiger partial charge on any atom is 0.417 e. The standard InChI is InChI=1S/C15H18F3N3O2/c16-15(17,18)11-4-2-1-3-10(11)14(23)20-8-13(22)21-12(7-19)9-5-6-9/h1-4,9,12H,5-8,19H2,(H,20,23)(H,21,22). The van der Waals surface area contributed by atoms with Crippen LogP contribution in [0.1, 0.15) is 28.8 Å². The number of nitrogens with one attached hydrogen (secondary N) is 2. The summed E-state index contributed by atoms with van der Waals surface area (Å²) in [6.07, 6.45) is -2.65. The Morgan fingerprint density at radius 1 is 1.26 bits per heavy atom. The van der Waals surface area contributed by atoms with Crippen molar-refractivity contribution in [1.82, 2.24) is 10.6 Å². The molecule has 1 aromatic carbocycles. The maximum absolute atomic E-state index is 12.8. The minimum atomic E-state index is -4.63. The van der Waals surface area contributed by atoms with Gasteiger partial charge >= 0.3 is 6.18 Å². The molecule has 2 rings (SSSR count). The van der Waals surface area contributed by atoms with E-state index in [9.17, 15) is 22.8 Å². The van der Waals surface area contributed by atoms with Crippen LogP contribution in [0.3, 0.4) is 0 Å². The molecule has 1 atom stereocenters. The summed E-state index contributed by atoms with van der Waals surface area (Å²) in [6.45, 7) is -0.102. The molecule has 0 radical (unpaired) electrons. The van der Waals surface area contributed by atoms with Gasteiger partial charge in [0.2, 0.25) is 5.91 Å². The van der Waals surface area contributed by atoms with E-state index in [0.717, 1.165) is 25.0 Å². The molecule has 1 fully saturated rings. The van der Waals surface area contributed by atoms with E-state index in [-0.39, 0.29) is 6.04 Å². The van der Waals surface area contributed by atoms with Crippen molar-refractivity contribution in [2.24, 2.45) is 11.7 Å².